The number of rotatable bonds is 8. The number of aromatic nitrogens is 4. The standard InChI is InChI=1S/C26H25N5O2/c1-19-28-21-11-5-7-13-23(21)30(19)16-15-27-26(32)17-31-24-14-8-6-12-22(24)29-25(31)18-33-20-9-3-2-4-10-20/h2-14H,15-18H2,1H3,(H,27,32). The van der Waals surface area contributed by atoms with Crippen molar-refractivity contribution in [1.29, 1.82) is 0 Å². The van der Waals surface area contributed by atoms with Crippen LogP contribution in [0.15, 0.2) is 78.9 Å². The molecular formula is C26H25N5O2. The Morgan fingerprint density at radius 1 is 0.848 bits per heavy atom. The predicted molar refractivity (Wildman–Crippen MR) is 128 cm³/mol. The van der Waals surface area contributed by atoms with Gasteiger partial charge in [-0.1, -0.05) is 42.5 Å². The average molecular weight is 440 g/mol. The first-order chi connectivity index (χ1) is 16.2. The van der Waals surface area contributed by atoms with Crippen molar-refractivity contribution in [3.8, 4) is 5.75 Å². The van der Waals surface area contributed by atoms with Crippen molar-refractivity contribution in [1.82, 2.24) is 24.4 Å². The zero-order valence-corrected chi connectivity index (χ0v) is 18.4. The molecule has 0 saturated heterocycles. The first-order valence-corrected chi connectivity index (χ1v) is 11.0. The molecule has 7 heteroatoms. The third kappa shape index (κ3) is 4.43. The van der Waals surface area contributed by atoms with Crippen LogP contribution in [0.4, 0.5) is 0 Å². The summed E-state index contributed by atoms with van der Waals surface area (Å²) in [6, 6.07) is 25.5. The molecular weight excluding hydrogens is 414 g/mol. The van der Waals surface area contributed by atoms with E-state index in [9.17, 15) is 4.79 Å². The number of carbonyl (C=O) groups is 1. The normalized spacial score (nSPS) is 11.2. The number of amides is 1. The zero-order valence-electron chi connectivity index (χ0n) is 18.4. The molecule has 5 rings (SSSR count). The summed E-state index contributed by atoms with van der Waals surface area (Å²) in [5, 5.41) is 3.04. The number of hydrogen-bond acceptors (Lipinski definition) is 4. The van der Waals surface area contributed by atoms with E-state index in [0.717, 1.165) is 33.6 Å². The fourth-order valence-electron chi connectivity index (χ4n) is 4.06. The number of carbonyl (C=O) groups excluding carboxylic acids is 1. The summed E-state index contributed by atoms with van der Waals surface area (Å²) in [5.74, 6) is 2.35. The fraction of sp³-hybridized carbons (Fsp3) is 0.192. The number of benzene rings is 3. The van der Waals surface area contributed by atoms with E-state index in [1.807, 2.05) is 90.4 Å². The maximum Gasteiger partial charge on any atom is 0.240 e. The van der Waals surface area contributed by atoms with Gasteiger partial charge in [0.15, 0.2) is 0 Å². The lowest BCUT2D eigenvalue weighted by molar-refractivity contribution is -0.121. The first kappa shape index (κ1) is 20.8. The van der Waals surface area contributed by atoms with E-state index in [-0.39, 0.29) is 19.1 Å². The fourth-order valence-corrected chi connectivity index (χ4v) is 4.06. The Hall–Kier alpha value is -4.13. The van der Waals surface area contributed by atoms with Crippen molar-refractivity contribution in [2.75, 3.05) is 6.54 Å². The van der Waals surface area contributed by atoms with Gasteiger partial charge in [0.05, 0.1) is 22.1 Å². The summed E-state index contributed by atoms with van der Waals surface area (Å²) in [5.41, 5.74) is 3.80. The highest BCUT2D eigenvalue weighted by molar-refractivity contribution is 5.81. The highest BCUT2D eigenvalue weighted by atomic mass is 16.5. The number of fused-ring (bicyclic) bond motifs is 2. The van der Waals surface area contributed by atoms with Crippen LogP contribution in [-0.2, 0) is 24.5 Å². The van der Waals surface area contributed by atoms with E-state index in [1.165, 1.54) is 0 Å². The second kappa shape index (κ2) is 9.16. The van der Waals surface area contributed by atoms with Crippen LogP contribution >= 0.6 is 0 Å². The molecule has 0 atom stereocenters. The molecule has 0 saturated carbocycles. The summed E-state index contributed by atoms with van der Waals surface area (Å²) < 4.78 is 9.95. The molecule has 1 N–H and O–H groups in total. The molecule has 0 aliphatic rings. The summed E-state index contributed by atoms with van der Waals surface area (Å²) in [7, 11) is 0. The van der Waals surface area contributed by atoms with Crippen LogP contribution in [0.3, 0.4) is 0 Å². The third-order valence-corrected chi connectivity index (χ3v) is 5.65. The number of aryl methyl sites for hydroxylation is 1. The molecule has 1 amide bonds. The Kier molecular flexibility index (Phi) is 5.76. The number of nitrogens with one attached hydrogen (secondary N) is 1. The first-order valence-electron chi connectivity index (χ1n) is 11.0. The van der Waals surface area contributed by atoms with E-state index in [1.54, 1.807) is 0 Å². The van der Waals surface area contributed by atoms with Crippen molar-refractivity contribution >= 4 is 28.0 Å². The van der Waals surface area contributed by atoms with Crippen LogP contribution in [0, 0.1) is 6.92 Å². The Morgan fingerprint density at radius 2 is 1.48 bits per heavy atom. The quantitative estimate of drug-likeness (QED) is 0.395. The van der Waals surface area contributed by atoms with Gasteiger partial charge in [-0.2, -0.15) is 0 Å². The molecule has 166 valence electrons. The SMILES string of the molecule is Cc1nc2ccccc2n1CCNC(=O)Cn1c(COc2ccccc2)nc2ccccc21. The highest BCUT2D eigenvalue weighted by Crippen LogP contribution is 2.18. The van der Waals surface area contributed by atoms with E-state index < -0.39 is 0 Å². The van der Waals surface area contributed by atoms with E-state index in [2.05, 4.69) is 14.9 Å². The van der Waals surface area contributed by atoms with Crippen LogP contribution in [0.5, 0.6) is 5.75 Å². The largest absolute Gasteiger partial charge is 0.486 e. The van der Waals surface area contributed by atoms with Gasteiger partial charge in [-0.25, -0.2) is 9.97 Å². The summed E-state index contributed by atoms with van der Waals surface area (Å²) in [6.07, 6.45) is 0. The highest BCUT2D eigenvalue weighted by Gasteiger charge is 2.14. The van der Waals surface area contributed by atoms with Crippen molar-refractivity contribution in [3.05, 3.63) is 90.5 Å². The lowest BCUT2D eigenvalue weighted by Crippen LogP contribution is -2.31. The smallest absolute Gasteiger partial charge is 0.240 e. The summed E-state index contributed by atoms with van der Waals surface area (Å²) in [6.45, 7) is 3.62. The Bertz CT molecular complexity index is 1400. The Balaban J connectivity index is 1.27. The molecule has 3 aromatic carbocycles. The predicted octanol–water partition coefficient (Wildman–Crippen LogP) is 4.09. The van der Waals surface area contributed by atoms with Gasteiger partial charge in [-0.3, -0.25) is 4.79 Å². The number of ether oxygens (including phenoxy) is 1. The van der Waals surface area contributed by atoms with Crippen molar-refractivity contribution < 1.29 is 9.53 Å². The van der Waals surface area contributed by atoms with Gasteiger partial charge in [0.1, 0.15) is 30.5 Å². The van der Waals surface area contributed by atoms with Gasteiger partial charge >= 0.3 is 0 Å². The van der Waals surface area contributed by atoms with E-state index in [4.69, 9.17) is 9.72 Å². The maximum absolute atomic E-state index is 12.8. The molecule has 2 heterocycles. The second-order valence-corrected chi connectivity index (χ2v) is 7.85. The monoisotopic (exact) mass is 439 g/mol. The minimum absolute atomic E-state index is 0.0683. The average Bonchev–Trinajstić information content (AvgIpc) is 3.35. The van der Waals surface area contributed by atoms with Gasteiger partial charge in [-0.05, 0) is 43.3 Å². The van der Waals surface area contributed by atoms with E-state index >= 15 is 0 Å². The molecule has 0 spiro atoms. The molecule has 0 unspecified atom stereocenters. The molecule has 0 bridgehead atoms. The Morgan fingerprint density at radius 3 is 2.24 bits per heavy atom. The summed E-state index contributed by atoms with van der Waals surface area (Å²) in [4.78, 5) is 22.1. The number of nitrogens with zero attached hydrogens (tertiary/aromatic N) is 4. The molecule has 33 heavy (non-hydrogen) atoms. The molecule has 5 aromatic rings. The van der Waals surface area contributed by atoms with Crippen LogP contribution in [-0.4, -0.2) is 31.6 Å². The molecule has 0 aliphatic heterocycles. The molecule has 0 radical (unpaired) electrons. The van der Waals surface area contributed by atoms with Gasteiger partial charge in [0.25, 0.3) is 0 Å². The van der Waals surface area contributed by atoms with Crippen LogP contribution in [0.1, 0.15) is 11.6 Å². The van der Waals surface area contributed by atoms with Gasteiger partial charge in [-0.15, -0.1) is 0 Å². The lowest BCUT2D eigenvalue weighted by Gasteiger charge is -2.12. The Labute approximate surface area is 191 Å². The van der Waals surface area contributed by atoms with Gasteiger partial charge in [0.2, 0.25) is 5.91 Å². The molecule has 0 aliphatic carbocycles. The van der Waals surface area contributed by atoms with Crippen molar-refractivity contribution in [2.45, 2.75) is 26.6 Å². The van der Waals surface area contributed by atoms with Gasteiger partial charge in [0, 0.05) is 13.1 Å². The summed E-state index contributed by atoms with van der Waals surface area (Å²) >= 11 is 0. The maximum atomic E-state index is 12.8. The number of para-hydroxylation sites is 5. The number of hydrogen-bond donors (Lipinski definition) is 1. The third-order valence-electron chi connectivity index (χ3n) is 5.65. The van der Waals surface area contributed by atoms with Gasteiger partial charge < -0.3 is 19.2 Å². The van der Waals surface area contributed by atoms with E-state index in [0.29, 0.717) is 18.9 Å². The minimum Gasteiger partial charge on any atom is -0.486 e. The van der Waals surface area contributed by atoms with Crippen molar-refractivity contribution in [3.63, 3.8) is 0 Å². The van der Waals surface area contributed by atoms with Crippen LogP contribution < -0.4 is 10.1 Å². The molecule has 2 aromatic heterocycles. The zero-order chi connectivity index (χ0) is 22.6. The minimum atomic E-state index is -0.0683. The number of imidazole rings is 2. The van der Waals surface area contributed by atoms with Crippen LogP contribution in [0.2, 0.25) is 0 Å². The second-order valence-electron chi connectivity index (χ2n) is 7.85. The van der Waals surface area contributed by atoms with Crippen LogP contribution in [0.25, 0.3) is 22.1 Å². The van der Waals surface area contributed by atoms with Crippen molar-refractivity contribution in [2.24, 2.45) is 0 Å². The topological polar surface area (TPSA) is 74.0 Å². The molecule has 0 fully saturated rings. The molecule has 7 nitrogen and oxygen atoms in total. The lowest BCUT2D eigenvalue weighted by atomic mass is 10.3.